The van der Waals surface area contributed by atoms with Crippen LogP contribution in [0.25, 0.3) is 10.2 Å². The number of fused-ring (bicyclic) bond motifs is 1. The first kappa shape index (κ1) is 14.3. The fourth-order valence-corrected chi connectivity index (χ4v) is 2.91. The molecule has 2 aromatic rings. The van der Waals surface area contributed by atoms with Crippen LogP contribution in [0, 0.1) is 0 Å². The third-order valence-corrected chi connectivity index (χ3v) is 3.75. The van der Waals surface area contributed by atoms with Gasteiger partial charge in [-0.05, 0) is 19.1 Å². The number of hydrogen-bond acceptors (Lipinski definition) is 4. The molecule has 1 aromatic heterocycles. The smallest absolute Gasteiger partial charge is 0.417 e. The van der Waals surface area contributed by atoms with E-state index in [-0.39, 0.29) is 26.3 Å². The van der Waals surface area contributed by atoms with E-state index in [0.717, 1.165) is 6.07 Å². The van der Waals surface area contributed by atoms with Gasteiger partial charge in [-0.3, -0.25) is 0 Å². The molecule has 0 spiro atoms. The number of ether oxygens (including phenoxy) is 1. The van der Waals surface area contributed by atoms with E-state index in [1.807, 2.05) is 0 Å². The molecule has 8 heteroatoms. The van der Waals surface area contributed by atoms with Gasteiger partial charge in [-0.1, -0.05) is 15.9 Å². The van der Waals surface area contributed by atoms with Gasteiger partial charge in [0.15, 0.2) is 0 Å². The van der Waals surface area contributed by atoms with Crippen molar-refractivity contribution in [3.8, 4) is 0 Å². The maximum Gasteiger partial charge on any atom is 0.417 e. The summed E-state index contributed by atoms with van der Waals surface area (Å²) in [5, 5.41) is -0.0829. The third kappa shape index (κ3) is 2.89. The summed E-state index contributed by atoms with van der Waals surface area (Å²) in [6.07, 6.45) is -4.50. The zero-order chi connectivity index (χ0) is 14.2. The number of hydrogen-bond donors (Lipinski definition) is 0. The second-order valence-corrected chi connectivity index (χ2v) is 5.45. The zero-order valence-electron chi connectivity index (χ0n) is 9.55. The van der Waals surface area contributed by atoms with E-state index < -0.39 is 17.7 Å². The number of alkyl halides is 3. The maximum absolute atomic E-state index is 12.9. The number of nitrogens with zero attached hydrogens (tertiary/aromatic N) is 1. The highest BCUT2D eigenvalue weighted by molar-refractivity contribution is 9.10. The topological polar surface area (TPSA) is 39.2 Å². The molecule has 0 unspecified atom stereocenters. The quantitative estimate of drug-likeness (QED) is 0.757. The van der Waals surface area contributed by atoms with Crippen molar-refractivity contribution in [1.82, 2.24) is 4.98 Å². The maximum atomic E-state index is 12.9. The van der Waals surface area contributed by atoms with Crippen molar-refractivity contribution < 1.29 is 22.7 Å². The molecule has 0 saturated carbocycles. The zero-order valence-corrected chi connectivity index (χ0v) is 11.9. The van der Waals surface area contributed by atoms with Gasteiger partial charge in [-0.2, -0.15) is 13.2 Å². The molecule has 1 heterocycles. The second kappa shape index (κ2) is 5.09. The highest BCUT2D eigenvalue weighted by atomic mass is 79.9. The van der Waals surface area contributed by atoms with Crippen LogP contribution < -0.4 is 0 Å². The molecule has 0 atom stereocenters. The van der Waals surface area contributed by atoms with Crippen molar-refractivity contribution in [1.29, 1.82) is 0 Å². The summed E-state index contributed by atoms with van der Waals surface area (Å²) >= 11 is 3.68. The van der Waals surface area contributed by atoms with E-state index in [1.165, 1.54) is 6.07 Å². The Morgan fingerprint density at radius 1 is 1.47 bits per heavy atom. The molecule has 0 aliphatic carbocycles. The molecule has 19 heavy (non-hydrogen) atoms. The van der Waals surface area contributed by atoms with Gasteiger partial charge >= 0.3 is 12.1 Å². The molecule has 0 aliphatic rings. The molecule has 0 N–H and O–H groups in total. The molecule has 0 amide bonds. The Morgan fingerprint density at radius 2 is 2.16 bits per heavy atom. The molecule has 0 fully saturated rings. The Morgan fingerprint density at radius 3 is 2.74 bits per heavy atom. The SMILES string of the molecule is CCOC(=O)c1nc2cc(Br)cc(C(F)(F)F)c2s1. The average Bonchev–Trinajstić information content (AvgIpc) is 2.70. The average molecular weight is 354 g/mol. The molecule has 0 radical (unpaired) electrons. The standard InChI is InChI=1S/C11H7BrF3NO2S/c1-2-18-10(17)9-16-7-4-5(12)3-6(8(7)19-9)11(13,14)15/h3-4H,2H2,1H3. The van der Waals surface area contributed by atoms with E-state index in [0.29, 0.717) is 11.3 Å². The summed E-state index contributed by atoms with van der Waals surface area (Å²) < 4.78 is 43.6. The number of rotatable bonds is 2. The largest absolute Gasteiger partial charge is 0.461 e. The lowest BCUT2D eigenvalue weighted by Crippen LogP contribution is -2.04. The lowest BCUT2D eigenvalue weighted by atomic mass is 10.2. The van der Waals surface area contributed by atoms with E-state index in [9.17, 15) is 18.0 Å². The fourth-order valence-electron chi connectivity index (χ4n) is 1.49. The highest BCUT2D eigenvalue weighted by Gasteiger charge is 2.34. The molecule has 1 aromatic carbocycles. The molecule has 0 saturated heterocycles. The molecule has 2 rings (SSSR count). The van der Waals surface area contributed by atoms with Crippen molar-refractivity contribution >= 4 is 43.5 Å². The van der Waals surface area contributed by atoms with Crippen LogP contribution in [-0.4, -0.2) is 17.6 Å². The van der Waals surface area contributed by atoms with Gasteiger partial charge in [0.05, 0.1) is 22.4 Å². The summed E-state index contributed by atoms with van der Waals surface area (Å²) in [7, 11) is 0. The van der Waals surface area contributed by atoms with Crippen molar-refractivity contribution in [2.24, 2.45) is 0 Å². The minimum atomic E-state index is -4.50. The molecular formula is C11H7BrF3NO2S. The van der Waals surface area contributed by atoms with Crippen LogP contribution in [-0.2, 0) is 10.9 Å². The van der Waals surface area contributed by atoms with Crippen LogP contribution in [0.3, 0.4) is 0 Å². The first-order valence-electron chi connectivity index (χ1n) is 5.17. The van der Waals surface area contributed by atoms with Gasteiger partial charge in [0.1, 0.15) is 0 Å². The Balaban J connectivity index is 2.62. The monoisotopic (exact) mass is 353 g/mol. The minimum Gasteiger partial charge on any atom is -0.461 e. The molecule has 0 aliphatic heterocycles. The Kier molecular flexibility index (Phi) is 3.82. The van der Waals surface area contributed by atoms with Gasteiger partial charge in [-0.25, -0.2) is 9.78 Å². The van der Waals surface area contributed by atoms with E-state index in [2.05, 4.69) is 20.9 Å². The van der Waals surface area contributed by atoms with Crippen LogP contribution >= 0.6 is 27.3 Å². The summed E-state index contributed by atoms with van der Waals surface area (Å²) in [6.45, 7) is 1.76. The first-order valence-corrected chi connectivity index (χ1v) is 6.78. The Bertz CT molecular complexity index is 639. The van der Waals surface area contributed by atoms with Crippen molar-refractivity contribution in [3.63, 3.8) is 0 Å². The number of carbonyl (C=O) groups is 1. The number of esters is 1. The normalized spacial score (nSPS) is 11.8. The number of thiazole rings is 1. The number of carbonyl (C=O) groups excluding carboxylic acids is 1. The minimum absolute atomic E-state index is 0.0706. The van der Waals surface area contributed by atoms with Crippen LogP contribution in [0.4, 0.5) is 13.2 Å². The predicted molar refractivity (Wildman–Crippen MR) is 68.3 cm³/mol. The number of halogens is 4. The van der Waals surface area contributed by atoms with E-state index in [1.54, 1.807) is 6.92 Å². The van der Waals surface area contributed by atoms with Gasteiger partial charge in [0, 0.05) is 4.47 Å². The second-order valence-electron chi connectivity index (χ2n) is 3.54. The number of benzene rings is 1. The Hall–Kier alpha value is -1.15. The van der Waals surface area contributed by atoms with Crippen LogP contribution in [0.1, 0.15) is 22.3 Å². The lowest BCUT2D eigenvalue weighted by Gasteiger charge is -2.07. The Labute approximate surface area is 118 Å². The third-order valence-electron chi connectivity index (χ3n) is 2.21. The van der Waals surface area contributed by atoms with E-state index >= 15 is 0 Å². The first-order chi connectivity index (χ1) is 8.82. The van der Waals surface area contributed by atoms with Gasteiger partial charge in [0.25, 0.3) is 0 Å². The van der Waals surface area contributed by atoms with Crippen LogP contribution in [0.5, 0.6) is 0 Å². The van der Waals surface area contributed by atoms with Crippen molar-refractivity contribution in [2.75, 3.05) is 6.61 Å². The summed E-state index contributed by atoms with van der Waals surface area (Å²) in [6, 6.07) is 2.40. The van der Waals surface area contributed by atoms with Gasteiger partial charge in [0.2, 0.25) is 5.01 Å². The van der Waals surface area contributed by atoms with Crippen molar-refractivity contribution in [2.45, 2.75) is 13.1 Å². The van der Waals surface area contributed by atoms with Crippen LogP contribution in [0.2, 0.25) is 0 Å². The fraction of sp³-hybridized carbons (Fsp3) is 0.273. The van der Waals surface area contributed by atoms with Gasteiger partial charge in [-0.15, -0.1) is 11.3 Å². The van der Waals surface area contributed by atoms with E-state index in [4.69, 9.17) is 4.74 Å². The van der Waals surface area contributed by atoms with Gasteiger partial charge < -0.3 is 4.74 Å². The highest BCUT2D eigenvalue weighted by Crippen LogP contribution is 2.39. The summed E-state index contributed by atoms with van der Waals surface area (Å²) in [4.78, 5) is 15.4. The number of aromatic nitrogens is 1. The molecule has 3 nitrogen and oxygen atoms in total. The molecule has 0 bridgehead atoms. The predicted octanol–water partition coefficient (Wildman–Crippen LogP) is 4.25. The van der Waals surface area contributed by atoms with Crippen molar-refractivity contribution in [3.05, 3.63) is 27.2 Å². The summed E-state index contributed by atoms with van der Waals surface area (Å²) in [5.41, 5.74) is -0.695. The lowest BCUT2D eigenvalue weighted by molar-refractivity contribution is -0.136. The molecular weight excluding hydrogens is 347 g/mol. The van der Waals surface area contributed by atoms with Crippen LogP contribution in [0.15, 0.2) is 16.6 Å². The summed E-state index contributed by atoms with van der Waals surface area (Å²) in [5.74, 6) is -0.715. The molecule has 102 valence electrons.